The SMILES string of the molecule is CC(=O)O[C@H]1[C@H](C)O[C@@H](OCc2cc(O)c3c(c2O)C(=O)c2ccccc2C3=O)C[C@@H]1N.Cl. The first kappa shape index (κ1) is 24.7. The van der Waals surface area contributed by atoms with E-state index in [0.717, 1.165) is 0 Å². The van der Waals surface area contributed by atoms with Gasteiger partial charge in [-0.3, -0.25) is 14.4 Å². The van der Waals surface area contributed by atoms with Crippen molar-refractivity contribution in [3.05, 3.63) is 58.1 Å². The van der Waals surface area contributed by atoms with E-state index in [1.54, 1.807) is 19.1 Å². The van der Waals surface area contributed by atoms with Crippen molar-refractivity contribution < 1.29 is 38.8 Å². The second kappa shape index (κ2) is 9.48. The van der Waals surface area contributed by atoms with E-state index < -0.39 is 53.6 Å². The van der Waals surface area contributed by atoms with Gasteiger partial charge in [-0.1, -0.05) is 24.3 Å². The van der Waals surface area contributed by atoms with Crippen LogP contribution in [0.25, 0.3) is 0 Å². The molecule has 10 heteroatoms. The number of phenols is 2. The molecular weight excluding hydrogens is 454 g/mol. The Morgan fingerprint density at radius 1 is 1.15 bits per heavy atom. The molecule has 1 saturated heterocycles. The molecule has 176 valence electrons. The fraction of sp³-hybridized carbons (Fsp3) is 0.348. The van der Waals surface area contributed by atoms with Gasteiger partial charge in [0.15, 0.2) is 17.9 Å². The van der Waals surface area contributed by atoms with Gasteiger partial charge in [0.25, 0.3) is 0 Å². The number of nitrogens with two attached hydrogens (primary N) is 1. The molecule has 1 aliphatic carbocycles. The van der Waals surface area contributed by atoms with E-state index in [1.165, 1.54) is 25.1 Å². The molecule has 0 aromatic heterocycles. The van der Waals surface area contributed by atoms with E-state index in [2.05, 4.69) is 0 Å². The predicted octanol–water partition coefficient (Wildman–Crippen LogP) is 2.21. The number of hydrogen-bond acceptors (Lipinski definition) is 9. The quantitative estimate of drug-likeness (QED) is 0.380. The first-order valence-corrected chi connectivity index (χ1v) is 10.1. The van der Waals surface area contributed by atoms with Crippen molar-refractivity contribution in [3.8, 4) is 11.5 Å². The minimum atomic E-state index is -0.762. The van der Waals surface area contributed by atoms with Crippen LogP contribution >= 0.6 is 12.4 Å². The second-order valence-corrected chi connectivity index (χ2v) is 7.91. The lowest BCUT2D eigenvalue weighted by Crippen LogP contribution is -2.53. The molecule has 4 N–H and O–H groups in total. The van der Waals surface area contributed by atoms with Crippen LogP contribution in [0.4, 0.5) is 0 Å². The number of aromatic hydroxyl groups is 2. The summed E-state index contributed by atoms with van der Waals surface area (Å²) in [6.45, 7) is 2.78. The summed E-state index contributed by atoms with van der Waals surface area (Å²) in [5, 5.41) is 21.2. The number of esters is 1. The number of ether oxygens (including phenoxy) is 3. The second-order valence-electron chi connectivity index (χ2n) is 7.91. The Hall–Kier alpha value is -2.98. The molecule has 0 saturated carbocycles. The fourth-order valence-electron chi connectivity index (χ4n) is 4.16. The third-order valence-electron chi connectivity index (χ3n) is 5.67. The molecule has 0 radical (unpaired) electrons. The maximum absolute atomic E-state index is 12.9. The normalized spacial score (nSPS) is 23.8. The molecule has 0 unspecified atom stereocenters. The highest BCUT2D eigenvalue weighted by Gasteiger charge is 2.38. The summed E-state index contributed by atoms with van der Waals surface area (Å²) in [5.74, 6) is -2.41. The Kier molecular flexibility index (Phi) is 7.08. The number of halogens is 1. The zero-order valence-electron chi connectivity index (χ0n) is 17.9. The molecule has 2 aromatic carbocycles. The fourth-order valence-corrected chi connectivity index (χ4v) is 4.16. The molecule has 9 nitrogen and oxygen atoms in total. The minimum absolute atomic E-state index is 0. The van der Waals surface area contributed by atoms with Crippen LogP contribution in [-0.4, -0.2) is 52.3 Å². The molecule has 0 spiro atoms. The first-order chi connectivity index (χ1) is 15.2. The highest BCUT2D eigenvalue weighted by Crippen LogP contribution is 2.40. The average Bonchev–Trinajstić information content (AvgIpc) is 2.74. The number of fused-ring (bicyclic) bond motifs is 2. The van der Waals surface area contributed by atoms with Crippen LogP contribution < -0.4 is 5.73 Å². The van der Waals surface area contributed by atoms with Crippen molar-refractivity contribution >= 4 is 29.9 Å². The van der Waals surface area contributed by atoms with Gasteiger partial charge in [-0.15, -0.1) is 12.4 Å². The summed E-state index contributed by atoms with van der Waals surface area (Å²) in [4.78, 5) is 37.0. The topological polar surface area (TPSA) is 145 Å². The third-order valence-corrected chi connectivity index (χ3v) is 5.67. The molecule has 4 rings (SSSR count). The maximum Gasteiger partial charge on any atom is 0.303 e. The summed E-state index contributed by atoms with van der Waals surface area (Å²) in [7, 11) is 0. The molecule has 1 aliphatic heterocycles. The molecule has 2 aliphatic rings. The number of benzene rings is 2. The van der Waals surface area contributed by atoms with Crippen LogP contribution in [0.3, 0.4) is 0 Å². The summed E-state index contributed by atoms with van der Waals surface area (Å²) in [6, 6.07) is 6.91. The molecule has 0 amide bonds. The molecule has 4 atom stereocenters. The Morgan fingerprint density at radius 3 is 2.33 bits per heavy atom. The van der Waals surface area contributed by atoms with Crippen molar-refractivity contribution in [2.24, 2.45) is 5.73 Å². The largest absolute Gasteiger partial charge is 0.507 e. The van der Waals surface area contributed by atoms with E-state index in [4.69, 9.17) is 19.9 Å². The van der Waals surface area contributed by atoms with Crippen LogP contribution in [0.15, 0.2) is 30.3 Å². The molecule has 33 heavy (non-hydrogen) atoms. The van der Waals surface area contributed by atoms with Gasteiger partial charge < -0.3 is 30.2 Å². The highest BCUT2D eigenvalue weighted by atomic mass is 35.5. The highest BCUT2D eigenvalue weighted by molar-refractivity contribution is 6.30. The van der Waals surface area contributed by atoms with Crippen LogP contribution in [0, 0.1) is 0 Å². The smallest absolute Gasteiger partial charge is 0.303 e. The van der Waals surface area contributed by atoms with Gasteiger partial charge in [0.05, 0.1) is 23.8 Å². The van der Waals surface area contributed by atoms with Gasteiger partial charge in [-0.25, -0.2) is 0 Å². The van der Waals surface area contributed by atoms with Crippen LogP contribution in [-0.2, 0) is 25.6 Å². The lowest BCUT2D eigenvalue weighted by molar-refractivity contribution is -0.233. The van der Waals surface area contributed by atoms with Gasteiger partial charge >= 0.3 is 5.97 Å². The zero-order valence-corrected chi connectivity index (χ0v) is 18.8. The molecule has 2 aromatic rings. The lowest BCUT2D eigenvalue weighted by Gasteiger charge is -2.38. The Labute approximate surface area is 195 Å². The molecule has 0 bridgehead atoms. The Morgan fingerprint density at radius 2 is 1.76 bits per heavy atom. The standard InChI is InChI=1S/C23H23NO8.ClH/c1-10-23(32-11(2)25)15(24)8-17(31-10)30-9-12-7-16(26)18-19(20(12)27)22(29)14-6-4-3-5-13(14)21(18)28;/h3-7,10,15,17,23,26-27H,8-9,24H2,1-2H3;1H/t10-,15-,17+,23-;/m0./s1. The molecular formula is C23H24ClNO8. The zero-order chi connectivity index (χ0) is 23.2. The summed E-state index contributed by atoms with van der Waals surface area (Å²) >= 11 is 0. The molecule has 1 heterocycles. The Balaban J connectivity index is 0.00000306. The van der Waals surface area contributed by atoms with Gasteiger partial charge in [0, 0.05) is 36.1 Å². The lowest BCUT2D eigenvalue weighted by atomic mass is 9.82. The number of rotatable bonds is 4. The van der Waals surface area contributed by atoms with Crippen molar-refractivity contribution in [1.82, 2.24) is 0 Å². The first-order valence-electron chi connectivity index (χ1n) is 10.1. The molecule has 1 fully saturated rings. The number of carbonyl (C=O) groups is 3. The average molecular weight is 478 g/mol. The number of phenolic OH excluding ortho intramolecular Hbond substituents is 2. The number of hydrogen-bond donors (Lipinski definition) is 3. The van der Waals surface area contributed by atoms with Gasteiger partial charge in [0.1, 0.15) is 17.6 Å². The van der Waals surface area contributed by atoms with Crippen LogP contribution in [0.2, 0.25) is 0 Å². The van der Waals surface area contributed by atoms with E-state index in [-0.39, 0.29) is 53.3 Å². The minimum Gasteiger partial charge on any atom is -0.507 e. The predicted molar refractivity (Wildman–Crippen MR) is 118 cm³/mol. The van der Waals surface area contributed by atoms with Gasteiger partial charge in [0.2, 0.25) is 0 Å². The number of ketones is 2. The van der Waals surface area contributed by atoms with E-state index in [9.17, 15) is 24.6 Å². The van der Waals surface area contributed by atoms with Crippen LogP contribution in [0.1, 0.15) is 57.7 Å². The number of carbonyl (C=O) groups excluding carboxylic acids is 3. The third kappa shape index (κ3) is 4.45. The van der Waals surface area contributed by atoms with E-state index in [1.807, 2.05) is 0 Å². The van der Waals surface area contributed by atoms with Crippen molar-refractivity contribution in [3.63, 3.8) is 0 Å². The van der Waals surface area contributed by atoms with Crippen molar-refractivity contribution in [1.29, 1.82) is 0 Å². The summed E-state index contributed by atoms with van der Waals surface area (Å²) in [6.07, 6.45) is -1.67. The summed E-state index contributed by atoms with van der Waals surface area (Å²) < 4.78 is 16.6. The van der Waals surface area contributed by atoms with Crippen LogP contribution in [0.5, 0.6) is 11.5 Å². The van der Waals surface area contributed by atoms with Crippen molar-refractivity contribution in [2.75, 3.05) is 0 Å². The van der Waals surface area contributed by atoms with Crippen molar-refractivity contribution in [2.45, 2.75) is 51.4 Å². The van der Waals surface area contributed by atoms with Gasteiger partial charge in [-0.2, -0.15) is 0 Å². The van der Waals surface area contributed by atoms with E-state index in [0.29, 0.717) is 0 Å². The maximum atomic E-state index is 12.9. The summed E-state index contributed by atoms with van der Waals surface area (Å²) in [5.41, 5.74) is 6.05. The van der Waals surface area contributed by atoms with E-state index >= 15 is 0 Å². The van der Waals surface area contributed by atoms with Gasteiger partial charge in [-0.05, 0) is 13.0 Å². The Bertz CT molecular complexity index is 1110. The monoisotopic (exact) mass is 477 g/mol.